The molecule has 6 heteroatoms. The van der Waals surface area contributed by atoms with Crippen LogP contribution in [0.4, 0.5) is 0 Å². The maximum absolute atomic E-state index is 4.70. The van der Waals surface area contributed by atoms with Crippen molar-refractivity contribution in [2.24, 2.45) is 0 Å². The van der Waals surface area contributed by atoms with Gasteiger partial charge in [0.2, 0.25) is 0 Å². The number of nitrogens with one attached hydrogen (secondary N) is 3. The topological polar surface area (TPSA) is 82.3 Å². The minimum absolute atomic E-state index is 0.378. The number of aromatic amines is 2. The molecular formula is C24H22N6. The molecule has 0 radical (unpaired) electrons. The van der Waals surface area contributed by atoms with E-state index in [0.29, 0.717) is 6.04 Å². The monoisotopic (exact) mass is 394 g/mol. The van der Waals surface area contributed by atoms with Crippen LogP contribution in [0.25, 0.3) is 44.2 Å². The van der Waals surface area contributed by atoms with Crippen LogP contribution < -0.4 is 5.32 Å². The molecule has 0 bridgehead atoms. The van der Waals surface area contributed by atoms with Gasteiger partial charge >= 0.3 is 0 Å². The van der Waals surface area contributed by atoms with Crippen molar-refractivity contribution in [3.05, 3.63) is 66.4 Å². The highest BCUT2D eigenvalue weighted by Crippen LogP contribution is 2.35. The maximum atomic E-state index is 4.70. The molecule has 1 aliphatic heterocycles. The Hall–Kier alpha value is -3.51. The van der Waals surface area contributed by atoms with Crippen LogP contribution in [-0.4, -0.2) is 31.7 Å². The first kappa shape index (κ1) is 17.4. The molecule has 0 saturated carbocycles. The quantitative estimate of drug-likeness (QED) is 0.406. The molecule has 0 amide bonds. The van der Waals surface area contributed by atoms with Crippen LogP contribution in [0.2, 0.25) is 0 Å². The van der Waals surface area contributed by atoms with E-state index in [1.165, 1.54) is 28.3 Å². The summed E-state index contributed by atoms with van der Waals surface area (Å²) in [4.78, 5) is 12.3. The van der Waals surface area contributed by atoms with Crippen molar-refractivity contribution in [1.29, 1.82) is 0 Å². The Morgan fingerprint density at radius 2 is 2.00 bits per heavy atom. The first-order valence-electron chi connectivity index (χ1n) is 10.4. The Morgan fingerprint density at radius 3 is 2.83 bits per heavy atom. The van der Waals surface area contributed by atoms with Crippen LogP contribution in [-0.2, 0) is 0 Å². The molecule has 1 aliphatic rings. The van der Waals surface area contributed by atoms with Crippen molar-refractivity contribution in [2.45, 2.75) is 25.8 Å². The smallest absolute Gasteiger partial charge is 0.137 e. The fourth-order valence-electron chi connectivity index (χ4n) is 4.56. The highest BCUT2D eigenvalue weighted by atomic mass is 15.1. The summed E-state index contributed by atoms with van der Waals surface area (Å²) in [6, 6.07) is 11.3. The van der Waals surface area contributed by atoms with E-state index in [9.17, 15) is 0 Å². The van der Waals surface area contributed by atoms with Crippen molar-refractivity contribution in [1.82, 2.24) is 30.5 Å². The van der Waals surface area contributed by atoms with Gasteiger partial charge in [0, 0.05) is 58.4 Å². The number of fused-ring (bicyclic) bond motifs is 2. The molecule has 5 aromatic rings. The zero-order valence-electron chi connectivity index (χ0n) is 16.7. The Labute approximate surface area is 173 Å². The van der Waals surface area contributed by atoms with Crippen molar-refractivity contribution in [3.63, 3.8) is 0 Å². The molecule has 0 aliphatic carbocycles. The Kier molecular flexibility index (Phi) is 3.92. The molecular weight excluding hydrogens is 372 g/mol. The summed E-state index contributed by atoms with van der Waals surface area (Å²) in [5.41, 5.74) is 7.51. The predicted octanol–water partition coefficient (Wildman–Crippen LogP) is 4.90. The number of benzene rings is 1. The lowest BCUT2D eigenvalue weighted by molar-refractivity contribution is 0.653. The number of aromatic nitrogens is 5. The van der Waals surface area contributed by atoms with Gasteiger partial charge < -0.3 is 10.3 Å². The van der Waals surface area contributed by atoms with Crippen LogP contribution in [0.1, 0.15) is 30.1 Å². The van der Waals surface area contributed by atoms with Crippen LogP contribution in [0.3, 0.4) is 0 Å². The molecule has 0 spiro atoms. The molecule has 148 valence electrons. The lowest BCUT2D eigenvalue weighted by Gasteiger charge is -2.16. The third-order valence-electron chi connectivity index (χ3n) is 6.07. The van der Waals surface area contributed by atoms with Gasteiger partial charge in [-0.25, -0.2) is 4.98 Å². The van der Waals surface area contributed by atoms with Gasteiger partial charge in [-0.05, 0) is 73.2 Å². The van der Waals surface area contributed by atoms with Gasteiger partial charge in [0.1, 0.15) is 5.65 Å². The molecule has 30 heavy (non-hydrogen) atoms. The minimum atomic E-state index is 0.378. The number of nitrogens with zero attached hydrogens (tertiary/aromatic N) is 3. The molecule has 1 aromatic carbocycles. The number of pyridine rings is 2. The number of rotatable bonds is 3. The summed E-state index contributed by atoms with van der Waals surface area (Å²) in [7, 11) is 0. The average Bonchev–Trinajstić information content (AvgIpc) is 3.53. The summed E-state index contributed by atoms with van der Waals surface area (Å²) in [6.45, 7) is 3.08. The van der Waals surface area contributed by atoms with Gasteiger partial charge in [0.05, 0.1) is 5.69 Å². The van der Waals surface area contributed by atoms with E-state index in [2.05, 4.69) is 55.8 Å². The molecule has 4 aromatic heterocycles. The molecule has 5 heterocycles. The first-order valence-corrected chi connectivity index (χ1v) is 10.4. The second-order valence-electron chi connectivity index (χ2n) is 8.07. The van der Waals surface area contributed by atoms with Gasteiger partial charge in [0.25, 0.3) is 0 Å². The SMILES string of the molecule is Cc1cc(-c2c[nH]c3ncc(-c4cc(C5CCCN5)c5cnccc5c4)cc23)n[nH]1. The third kappa shape index (κ3) is 2.80. The molecule has 3 N–H and O–H groups in total. The highest BCUT2D eigenvalue weighted by molar-refractivity contribution is 5.96. The maximum Gasteiger partial charge on any atom is 0.137 e. The molecule has 1 saturated heterocycles. The van der Waals surface area contributed by atoms with Crippen LogP contribution >= 0.6 is 0 Å². The largest absolute Gasteiger partial charge is 0.345 e. The predicted molar refractivity (Wildman–Crippen MR) is 119 cm³/mol. The fourth-order valence-corrected chi connectivity index (χ4v) is 4.56. The van der Waals surface area contributed by atoms with E-state index in [-0.39, 0.29) is 0 Å². The summed E-state index contributed by atoms with van der Waals surface area (Å²) >= 11 is 0. The number of hydrogen-bond acceptors (Lipinski definition) is 4. The molecule has 1 unspecified atom stereocenters. The van der Waals surface area contributed by atoms with E-state index in [4.69, 9.17) is 4.98 Å². The lowest BCUT2D eigenvalue weighted by atomic mass is 9.93. The van der Waals surface area contributed by atoms with Gasteiger partial charge in [-0.2, -0.15) is 5.10 Å². The number of hydrogen-bond donors (Lipinski definition) is 3. The van der Waals surface area contributed by atoms with Crippen LogP contribution in [0, 0.1) is 6.92 Å². The van der Waals surface area contributed by atoms with E-state index in [1.807, 2.05) is 31.7 Å². The highest BCUT2D eigenvalue weighted by Gasteiger charge is 2.20. The molecule has 1 fully saturated rings. The molecule has 6 nitrogen and oxygen atoms in total. The molecule has 6 rings (SSSR count). The Bertz CT molecular complexity index is 1370. The standard InChI is InChI=1S/C24H22N6/c1-14-7-23(30-29-14)21-13-28-24-19(21)10-17(11-27-24)16-8-15-4-6-25-12-20(15)18(9-16)22-3-2-5-26-22/h4,6-13,22,26H,2-3,5H2,1H3,(H,27,28)(H,29,30). The van der Waals surface area contributed by atoms with E-state index in [1.54, 1.807) is 0 Å². The van der Waals surface area contributed by atoms with Gasteiger partial charge in [-0.15, -0.1) is 0 Å². The van der Waals surface area contributed by atoms with Crippen molar-refractivity contribution in [2.75, 3.05) is 6.54 Å². The van der Waals surface area contributed by atoms with Gasteiger partial charge in [-0.1, -0.05) is 0 Å². The second-order valence-corrected chi connectivity index (χ2v) is 8.07. The zero-order valence-corrected chi connectivity index (χ0v) is 16.7. The lowest BCUT2D eigenvalue weighted by Crippen LogP contribution is -2.13. The van der Waals surface area contributed by atoms with E-state index < -0.39 is 0 Å². The van der Waals surface area contributed by atoms with Crippen molar-refractivity contribution < 1.29 is 0 Å². The molecule has 1 atom stereocenters. The van der Waals surface area contributed by atoms with E-state index in [0.717, 1.165) is 46.5 Å². The zero-order chi connectivity index (χ0) is 20.1. The minimum Gasteiger partial charge on any atom is -0.345 e. The third-order valence-corrected chi connectivity index (χ3v) is 6.07. The number of aryl methyl sites for hydroxylation is 1. The summed E-state index contributed by atoms with van der Waals surface area (Å²) in [5.74, 6) is 0. The first-order chi connectivity index (χ1) is 14.8. The Morgan fingerprint density at radius 1 is 1.03 bits per heavy atom. The fraction of sp³-hybridized carbons (Fsp3) is 0.208. The second kappa shape index (κ2) is 6.78. The van der Waals surface area contributed by atoms with Crippen molar-refractivity contribution >= 4 is 21.8 Å². The van der Waals surface area contributed by atoms with Crippen LogP contribution in [0.5, 0.6) is 0 Å². The van der Waals surface area contributed by atoms with Crippen molar-refractivity contribution in [3.8, 4) is 22.4 Å². The normalized spacial score (nSPS) is 16.6. The summed E-state index contributed by atoms with van der Waals surface area (Å²) in [6.07, 6.45) is 10.2. The Balaban J connectivity index is 1.53. The van der Waals surface area contributed by atoms with Crippen LogP contribution in [0.15, 0.2) is 55.1 Å². The number of H-pyrrole nitrogens is 2. The van der Waals surface area contributed by atoms with E-state index >= 15 is 0 Å². The summed E-state index contributed by atoms with van der Waals surface area (Å²) < 4.78 is 0. The van der Waals surface area contributed by atoms with Gasteiger partial charge in [0.15, 0.2) is 0 Å². The summed E-state index contributed by atoms with van der Waals surface area (Å²) in [5, 5.41) is 14.6. The average molecular weight is 394 g/mol. The van der Waals surface area contributed by atoms with Gasteiger partial charge in [-0.3, -0.25) is 10.1 Å².